The lowest BCUT2D eigenvalue weighted by Gasteiger charge is -2.20. The Labute approximate surface area is 207 Å². The number of thiophene rings is 1. The fourth-order valence-corrected chi connectivity index (χ4v) is 5.11. The van der Waals surface area contributed by atoms with Gasteiger partial charge < -0.3 is 13.9 Å². The second-order valence-corrected chi connectivity index (χ2v) is 9.61. The van der Waals surface area contributed by atoms with E-state index in [1.165, 1.54) is 22.2 Å². The van der Waals surface area contributed by atoms with Crippen LogP contribution in [0, 0.1) is 11.3 Å². The van der Waals surface area contributed by atoms with Crippen molar-refractivity contribution in [2.24, 2.45) is 0 Å². The number of carbonyl (C=O) groups excluding carboxylic acids is 1. The molecule has 3 heterocycles. The molecule has 0 saturated carbocycles. The predicted octanol–water partition coefficient (Wildman–Crippen LogP) is 4.80. The number of aryl methyl sites for hydroxylation is 1. The molecule has 0 N–H and O–H groups in total. The quantitative estimate of drug-likeness (QED) is 0.265. The normalized spacial score (nSPS) is 10.8. The Morgan fingerprint density at radius 3 is 2.76 bits per heavy atom. The smallest absolute Gasteiger partial charge is 0.233 e. The van der Waals surface area contributed by atoms with Gasteiger partial charge in [-0.15, -0.1) is 21.5 Å². The number of rotatable bonds is 12. The number of carbonyl (C=O) groups is 1. The van der Waals surface area contributed by atoms with Gasteiger partial charge in [0.15, 0.2) is 5.16 Å². The maximum absolute atomic E-state index is 13.0. The van der Waals surface area contributed by atoms with Gasteiger partial charge in [-0.2, -0.15) is 5.26 Å². The first-order valence-corrected chi connectivity index (χ1v) is 12.9. The molecular weight excluding hydrogens is 466 g/mol. The number of hydrogen-bond donors (Lipinski definition) is 0. The Kier molecular flexibility index (Phi) is 8.54. The molecule has 0 bridgehead atoms. The number of aromatic nitrogens is 3. The van der Waals surface area contributed by atoms with Crippen LogP contribution < -0.4 is 0 Å². The summed E-state index contributed by atoms with van der Waals surface area (Å²) in [5.41, 5.74) is 1.24. The van der Waals surface area contributed by atoms with E-state index >= 15 is 0 Å². The van der Waals surface area contributed by atoms with E-state index in [4.69, 9.17) is 9.68 Å². The number of nitrogens with zero attached hydrogens (tertiary/aromatic N) is 5. The molecule has 0 atom stereocenters. The topological polar surface area (TPSA) is 87.9 Å². The van der Waals surface area contributed by atoms with Crippen LogP contribution >= 0.6 is 23.1 Å². The zero-order valence-electron chi connectivity index (χ0n) is 18.7. The van der Waals surface area contributed by atoms with Crippen molar-refractivity contribution in [3.63, 3.8) is 0 Å². The van der Waals surface area contributed by atoms with Gasteiger partial charge in [-0.25, -0.2) is 0 Å². The second kappa shape index (κ2) is 12.2. The van der Waals surface area contributed by atoms with Crippen molar-refractivity contribution >= 4 is 29.0 Å². The molecule has 3 aromatic heterocycles. The van der Waals surface area contributed by atoms with Crippen molar-refractivity contribution in [3.8, 4) is 6.07 Å². The minimum absolute atomic E-state index is 0.0610. The molecule has 0 aliphatic rings. The number of thioether (sulfide) groups is 1. The Bertz CT molecular complexity index is 1200. The van der Waals surface area contributed by atoms with E-state index in [1.54, 1.807) is 28.6 Å². The molecule has 1 aromatic carbocycles. The summed E-state index contributed by atoms with van der Waals surface area (Å²) in [5, 5.41) is 20.6. The summed E-state index contributed by atoms with van der Waals surface area (Å²) < 4.78 is 7.52. The molecule has 0 aliphatic heterocycles. The van der Waals surface area contributed by atoms with E-state index in [9.17, 15) is 4.79 Å². The van der Waals surface area contributed by atoms with Gasteiger partial charge in [0.25, 0.3) is 0 Å². The van der Waals surface area contributed by atoms with Crippen molar-refractivity contribution in [2.75, 3.05) is 12.3 Å². The Morgan fingerprint density at radius 2 is 2.03 bits per heavy atom. The van der Waals surface area contributed by atoms with Gasteiger partial charge in [-0.05, 0) is 35.6 Å². The summed E-state index contributed by atoms with van der Waals surface area (Å²) in [5.74, 6) is 1.74. The van der Waals surface area contributed by atoms with Gasteiger partial charge >= 0.3 is 0 Å². The Hall–Kier alpha value is -3.35. The largest absolute Gasteiger partial charge is 0.467 e. The standard InChI is InChI=1S/C25H25N5O2S2/c26-12-6-13-29(18-21-9-4-15-32-21)24(31)19-34-25-28-27-23(17-22-10-5-16-33-22)30(25)14-11-20-7-2-1-3-8-20/h1-5,7-10,15-16H,6,11,13-14,17-19H2. The van der Waals surface area contributed by atoms with Crippen LogP contribution in [0.2, 0.25) is 0 Å². The van der Waals surface area contributed by atoms with Crippen LogP contribution in [-0.4, -0.2) is 37.9 Å². The van der Waals surface area contributed by atoms with E-state index in [2.05, 4.69) is 44.4 Å². The van der Waals surface area contributed by atoms with Crippen LogP contribution in [0.5, 0.6) is 0 Å². The predicted molar refractivity (Wildman–Crippen MR) is 132 cm³/mol. The molecule has 0 radical (unpaired) electrons. The summed E-state index contributed by atoms with van der Waals surface area (Å²) in [6.45, 7) is 1.44. The van der Waals surface area contributed by atoms with Crippen LogP contribution in [0.3, 0.4) is 0 Å². The molecule has 4 aromatic rings. The van der Waals surface area contributed by atoms with Crippen molar-refractivity contribution in [3.05, 3.63) is 88.3 Å². The zero-order chi connectivity index (χ0) is 23.6. The lowest BCUT2D eigenvalue weighted by Crippen LogP contribution is -2.32. The third-order valence-electron chi connectivity index (χ3n) is 5.27. The lowest BCUT2D eigenvalue weighted by molar-refractivity contribution is -0.129. The highest BCUT2D eigenvalue weighted by Crippen LogP contribution is 2.22. The first-order valence-electron chi connectivity index (χ1n) is 11.0. The van der Waals surface area contributed by atoms with E-state index in [1.807, 2.05) is 30.3 Å². The molecule has 0 aliphatic carbocycles. The van der Waals surface area contributed by atoms with E-state index in [0.29, 0.717) is 25.3 Å². The molecule has 4 rings (SSSR count). The fraction of sp³-hybridized carbons (Fsp3) is 0.280. The molecule has 174 valence electrons. The maximum atomic E-state index is 13.0. The molecule has 34 heavy (non-hydrogen) atoms. The van der Waals surface area contributed by atoms with Gasteiger partial charge in [-0.1, -0.05) is 48.2 Å². The average Bonchev–Trinajstić information content (AvgIpc) is 3.63. The lowest BCUT2D eigenvalue weighted by atomic mass is 10.1. The van der Waals surface area contributed by atoms with Gasteiger partial charge in [0, 0.05) is 24.4 Å². The summed E-state index contributed by atoms with van der Waals surface area (Å²) in [6, 6.07) is 20.2. The average molecular weight is 492 g/mol. The molecule has 0 saturated heterocycles. The molecule has 0 fully saturated rings. The zero-order valence-corrected chi connectivity index (χ0v) is 20.3. The molecule has 0 unspecified atom stereocenters. The number of benzene rings is 1. The van der Waals surface area contributed by atoms with Crippen molar-refractivity contribution in [1.29, 1.82) is 5.26 Å². The second-order valence-electron chi connectivity index (χ2n) is 7.63. The highest BCUT2D eigenvalue weighted by atomic mass is 32.2. The number of nitriles is 1. The van der Waals surface area contributed by atoms with Crippen LogP contribution in [-0.2, 0) is 30.7 Å². The first-order chi connectivity index (χ1) is 16.7. The van der Waals surface area contributed by atoms with Crippen molar-refractivity contribution < 1.29 is 9.21 Å². The molecule has 9 heteroatoms. The molecular formula is C25H25N5O2S2. The summed E-state index contributed by atoms with van der Waals surface area (Å²) >= 11 is 3.08. The Balaban J connectivity index is 1.46. The van der Waals surface area contributed by atoms with Crippen LogP contribution in [0.1, 0.15) is 28.4 Å². The fourth-order valence-electron chi connectivity index (χ4n) is 3.52. The van der Waals surface area contributed by atoms with Crippen LogP contribution in [0.25, 0.3) is 0 Å². The van der Waals surface area contributed by atoms with E-state index in [-0.39, 0.29) is 18.1 Å². The summed E-state index contributed by atoms with van der Waals surface area (Å²) in [7, 11) is 0. The van der Waals surface area contributed by atoms with Crippen molar-refractivity contribution in [1.82, 2.24) is 19.7 Å². The summed E-state index contributed by atoms with van der Waals surface area (Å²) in [6.07, 6.45) is 3.42. The third-order valence-corrected chi connectivity index (χ3v) is 7.10. The number of furan rings is 1. The van der Waals surface area contributed by atoms with Gasteiger partial charge in [0.05, 0.1) is 31.1 Å². The molecule has 0 spiro atoms. The Morgan fingerprint density at radius 1 is 1.15 bits per heavy atom. The SMILES string of the molecule is N#CCCN(Cc1ccco1)C(=O)CSc1nnc(Cc2cccs2)n1CCc1ccccc1. The molecule has 7 nitrogen and oxygen atoms in total. The minimum Gasteiger partial charge on any atom is -0.467 e. The first kappa shape index (κ1) is 23.8. The van der Waals surface area contributed by atoms with Crippen molar-refractivity contribution in [2.45, 2.75) is 37.5 Å². The minimum atomic E-state index is -0.0610. The van der Waals surface area contributed by atoms with Gasteiger partial charge in [0.1, 0.15) is 11.6 Å². The van der Waals surface area contributed by atoms with Crippen LogP contribution in [0.15, 0.2) is 75.8 Å². The van der Waals surface area contributed by atoms with E-state index in [0.717, 1.165) is 23.9 Å². The van der Waals surface area contributed by atoms with Gasteiger partial charge in [0.2, 0.25) is 5.91 Å². The van der Waals surface area contributed by atoms with E-state index < -0.39 is 0 Å². The monoisotopic (exact) mass is 491 g/mol. The number of hydrogen-bond acceptors (Lipinski definition) is 7. The number of amides is 1. The summed E-state index contributed by atoms with van der Waals surface area (Å²) in [4.78, 5) is 15.9. The molecule has 1 amide bonds. The highest BCUT2D eigenvalue weighted by molar-refractivity contribution is 7.99. The third kappa shape index (κ3) is 6.59. The highest BCUT2D eigenvalue weighted by Gasteiger charge is 2.19. The maximum Gasteiger partial charge on any atom is 0.233 e. The van der Waals surface area contributed by atoms with Crippen LogP contribution in [0.4, 0.5) is 0 Å². The van der Waals surface area contributed by atoms with Gasteiger partial charge in [-0.3, -0.25) is 4.79 Å².